The lowest BCUT2D eigenvalue weighted by Gasteiger charge is -2.25. The Labute approximate surface area is 103 Å². The van der Waals surface area contributed by atoms with Gasteiger partial charge in [-0.05, 0) is 32.4 Å². The molecule has 0 fully saturated rings. The van der Waals surface area contributed by atoms with Crippen LogP contribution in [0.1, 0.15) is 33.0 Å². The van der Waals surface area contributed by atoms with Crippen molar-refractivity contribution in [3.63, 3.8) is 0 Å². The lowest BCUT2D eigenvalue weighted by Crippen LogP contribution is -2.45. The van der Waals surface area contributed by atoms with Crippen molar-refractivity contribution >= 4 is 5.91 Å². The smallest absolute Gasteiger partial charge is 0.236 e. The van der Waals surface area contributed by atoms with Crippen LogP contribution in [0.25, 0.3) is 0 Å². The first-order valence-corrected chi connectivity index (χ1v) is 5.96. The molecule has 0 aromatic carbocycles. The van der Waals surface area contributed by atoms with Gasteiger partial charge in [-0.1, -0.05) is 6.92 Å². The molecule has 0 bridgehead atoms. The van der Waals surface area contributed by atoms with E-state index in [1.54, 1.807) is 18.2 Å². The van der Waals surface area contributed by atoms with E-state index in [0.29, 0.717) is 13.1 Å². The van der Waals surface area contributed by atoms with Crippen LogP contribution in [0.5, 0.6) is 0 Å². The predicted octanol–water partition coefficient (Wildman–Crippen LogP) is 2.02. The Bertz CT molecular complexity index is 344. The zero-order valence-electron chi connectivity index (χ0n) is 11.1. The standard InChI is InChI=1S/C13H22N2O2/c1-5-13(2,3)14-9-12(16)15(4)10-11-7-6-8-17-11/h6-8,14H,5,9-10H2,1-4H3. The molecule has 1 heterocycles. The highest BCUT2D eigenvalue weighted by molar-refractivity contribution is 5.78. The summed E-state index contributed by atoms with van der Waals surface area (Å²) in [4.78, 5) is 13.5. The number of rotatable bonds is 6. The van der Waals surface area contributed by atoms with Gasteiger partial charge in [0.2, 0.25) is 5.91 Å². The molecule has 17 heavy (non-hydrogen) atoms. The number of furan rings is 1. The van der Waals surface area contributed by atoms with Crippen molar-refractivity contribution < 1.29 is 9.21 Å². The molecule has 0 saturated carbocycles. The molecule has 4 nitrogen and oxygen atoms in total. The Morgan fingerprint density at radius 2 is 2.24 bits per heavy atom. The maximum atomic E-state index is 11.9. The molecule has 0 spiro atoms. The molecule has 0 atom stereocenters. The summed E-state index contributed by atoms with van der Waals surface area (Å²) in [5.41, 5.74) is 0.00117. The highest BCUT2D eigenvalue weighted by atomic mass is 16.3. The number of amides is 1. The fourth-order valence-corrected chi connectivity index (χ4v) is 1.30. The first-order chi connectivity index (χ1) is 7.94. The Balaban J connectivity index is 2.37. The number of likely N-dealkylation sites (N-methyl/N-ethyl adjacent to an activating group) is 1. The second kappa shape index (κ2) is 5.87. The normalized spacial score (nSPS) is 11.5. The summed E-state index contributed by atoms with van der Waals surface area (Å²) in [6, 6.07) is 3.69. The van der Waals surface area contributed by atoms with Crippen molar-refractivity contribution in [3.8, 4) is 0 Å². The van der Waals surface area contributed by atoms with Gasteiger partial charge in [-0.3, -0.25) is 4.79 Å². The molecule has 0 saturated heterocycles. The second-order valence-corrected chi connectivity index (χ2v) is 4.92. The molecular weight excluding hydrogens is 216 g/mol. The van der Waals surface area contributed by atoms with E-state index >= 15 is 0 Å². The van der Waals surface area contributed by atoms with Gasteiger partial charge in [-0.2, -0.15) is 0 Å². The van der Waals surface area contributed by atoms with Gasteiger partial charge in [0.25, 0.3) is 0 Å². The Morgan fingerprint density at radius 1 is 1.53 bits per heavy atom. The first-order valence-electron chi connectivity index (χ1n) is 5.96. The third-order valence-corrected chi connectivity index (χ3v) is 3.00. The van der Waals surface area contributed by atoms with Gasteiger partial charge < -0.3 is 14.6 Å². The largest absolute Gasteiger partial charge is 0.467 e. The van der Waals surface area contributed by atoms with Crippen LogP contribution in [0.4, 0.5) is 0 Å². The van der Waals surface area contributed by atoms with E-state index in [2.05, 4.69) is 26.1 Å². The molecule has 1 N–H and O–H groups in total. The molecule has 1 amide bonds. The van der Waals surface area contributed by atoms with Crippen molar-refractivity contribution in [1.29, 1.82) is 0 Å². The summed E-state index contributed by atoms with van der Waals surface area (Å²) in [7, 11) is 1.78. The predicted molar refractivity (Wildman–Crippen MR) is 67.6 cm³/mol. The summed E-state index contributed by atoms with van der Waals surface area (Å²) in [5.74, 6) is 0.874. The average Bonchev–Trinajstić information content (AvgIpc) is 2.78. The van der Waals surface area contributed by atoms with Crippen LogP contribution < -0.4 is 5.32 Å². The second-order valence-electron chi connectivity index (χ2n) is 4.92. The molecule has 0 radical (unpaired) electrons. The number of nitrogens with one attached hydrogen (secondary N) is 1. The molecule has 0 unspecified atom stereocenters. The minimum absolute atomic E-state index is 0.00117. The average molecular weight is 238 g/mol. The van der Waals surface area contributed by atoms with Gasteiger partial charge in [-0.15, -0.1) is 0 Å². The van der Waals surface area contributed by atoms with Gasteiger partial charge in [-0.25, -0.2) is 0 Å². The van der Waals surface area contributed by atoms with Crippen molar-refractivity contribution in [2.24, 2.45) is 0 Å². The lowest BCUT2D eigenvalue weighted by molar-refractivity contribution is -0.130. The topological polar surface area (TPSA) is 45.5 Å². The quantitative estimate of drug-likeness (QED) is 0.824. The van der Waals surface area contributed by atoms with Crippen LogP contribution in [0.2, 0.25) is 0 Å². The summed E-state index contributed by atoms with van der Waals surface area (Å²) in [5, 5.41) is 3.25. The Hall–Kier alpha value is -1.29. The molecule has 1 aromatic heterocycles. The maximum absolute atomic E-state index is 11.9. The van der Waals surface area contributed by atoms with E-state index in [1.165, 1.54) is 0 Å². The molecule has 0 aliphatic rings. The summed E-state index contributed by atoms with van der Waals surface area (Å²) in [6.45, 7) is 7.15. The number of nitrogens with zero attached hydrogens (tertiary/aromatic N) is 1. The van der Waals surface area contributed by atoms with E-state index in [1.807, 2.05) is 12.1 Å². The molecule has 0 aliphatic carbocycles. The van der Waals surface area contributed by atoms with Crippen LogP contribution >= 0.6 is 0 Å². The SMILES string of the molecule is CCC(C)(C)NCC(=O)N(C)Cc1ccco1. The van der Waals surface area contributed by atoms with E-state index in [-0.39, 0.29) is 11.4 Å². The first kappa shape index (κ1) is 13.8. The maximum Gasteiger partial charge on any atom is 0.236 e. The lowest BCUT2D eigenvalue weighted by atomic mass is 10.0. The van der Waals surface area contributed by atoms with E-state index in [0.717, 1.165) is 12.2 Å². The van der Waals surface area contributed by atoms with Crippen LogP contribution in [-0.4, -0.2) is 29.9 Å². The van der Waals surface area contributed by atoms with Gasteiger partial charge in [0.15, 0.2) is 0 Å². The van der Waals surface area contributed by atoms with Gasteiger partial charge in [0.05, 0.1) is 19.4 Å². The van der Waals surface area contributed by atoms with Gasteiger partial charge >= 0.3 is 0 Å². The van der Waals surface area contributed by atoms with Crippen LogP contribution in [0.15, 0.2) is 22.8 Å². The molecule has 4 heteroatoms. The summed E-state index contributed by atoms with van der Waals surface area (Å²) >= 11 is 0. The summed E-state index contributed by atoms with van der Waals surface area (Å²) in [6.07, 6.45) is 2.61. The Morgan fingerprint density at radius 3 is 2.76 bits per heavy atom. The number of hydrogen-bond donors (Lipinski definition) is 1. The molecular formula is C13H22N2O2. The molecule has 0 aliphatic heterocycles. The monoisotopic (exact) mass is 238 g/mol. The van der Waals surface area contributed by atoms with E-state index in [9.17, 15) is 4.79 Å². The third kappa shape index (κ3) is 4.61. The van der Waals surface area contributed by atoms with Gasteiger partial charge in [0, 0.05) is 12.6 Å². The Kier molecular flexibility index (Phi) is 4.75. The fraction of sp³-hybridized carbons (Fsp3) is 0.615. The number of carbonyl (C=O) groups excluding carboxylic acids is 1. The number of carbonyl (C=O) groups is 1. The van der Waals surface area contributed by atoms with Crippen molar-refractivity contribution in [2.75, 3.05) is 13.6 Å². The minimum atomic E-state index is 0.00117. The fourth-order valence-electron chi connectivity index (χ4n) is 1.30. The highest BCUT2D eigenvalue weighted by Gasteiger charge is 2.17. The molecule has 1 aromatic rings. The highest BCUT2D eigenvalue weighted by Crippen LogP contribution is 2.07. The van der Waals surface area contributed by atoms with Crippen LogP contribution in [-0.2, 0) is 11.3 Å². The van der Waals surface area contributed by atoms with E-state index in [4.69, 9.17) is 4.42 Å². The molecule has 1 rings (SSSR count). The third-order valence-electron chi connectivity index (χ3n) is 3.00. The van der Waals surface area contributed by atoms with Crippen LogP contribution in [0, 0.1) is 0 Å². The van der Waals surface area contributed by atoms with Crippen LogP contribution in [0.3, 0.4) is 0 Å². The number of hydrogen-bond acceptors (Lipinski definition) is 3. The van der Waals surface area contributed by atoms with Crippen molar-refractivity contribution in [2.45, 2.75) is 39.3 Å². The zero-order chi connectivity index (χ0) is 12.9. The minimum Gasteiger partial charge on any atom is -0.467 e. The van der Waals surface area contributed by atoms with Crippen molar-refractivity contribution in [3.05, 3.63) is 24.2 Å². The zero-order valence-corrected chi connectivity index (χ0v) is 11.1. The van der Waals surface area contributed by atoms with E-state index < -0.39 is 0 Å². The van der Waals surface area contributed by atoms with Gasteiger partial charge in [0.1, 0.15) is 5.76 Å². The molecule has 96 valence electrons. The summed E-state index contributed by atoms with van der Waals surface area (Å²) < 4.78 is 5.21. The van der Waals surface area contributed by atoms with Crippen molar-refractivity contribution in [1.82, 2.24) is 10.2 Å².